The summed E-state index contributed by atoms with van der Waals surface area (Å²) in [6.45, 7) is 0. The number of hydrogen-bond acceptors (Lipinski definition) is 3. The molecule has 0 bridgehead atoms. The summed E-state index contributed by atoms with van der Waals surface area (Å²) < 4.78 is 6.90. The molecule has 0 saturated carbocycles. The van der Waals surface area contributed by atoms with E-state index in [0.29, 0.717) is 11.1 Å². The molecule has 5 nitrogen and oxygen atoms in total. The van der Waals surface area contributed by atoms with Crippen LogP contribution >= 0.6 is 0 Å². The van der Waals surface area contributed by atoms with Crippen LogP contribution in [0.5, 0.6) is 5.75 Å². The number of methoxy groups -OCH3 is 1. The van der Waals surface area contributed by atoms with Gasteiger partial charge in [0.25, 0.3) is 5.56 Å². The molecule has 0 radical (unpaired) electrons. The second-order valence-electron chi connectivity index (χ2n) is 3.87. The van der Waals surface area contributed by atoms with Crippen LogP contribution in [0.25, 0.3) is 16.5 Å². The van der Waals surface area contributed by atoms with Crippen LogP contribution < -0.4 is 10.3 Å². The molecule has 0 amide bonds. The van der Waals surface area contributed by atoms with Crippen molar-refractivity contribution in [3.8, 4) is 11.4 Å². The van der Waals surface area contributed by atoms with Crippen LogP contribution in [-0.2, 0) is 0 Å². The van der Waals surface area contributed by atoms with Crippen molar-refractivity contribution in [2.24, 2.45) is 0 Å². The van der Waals surface area contributed by atoms with E-state index < -0.39 is 0 Å². The molecule has 0 saturated heterocycles. The van der Waals surface area contributed by atoms with Crippen molar-refractivity contribution in [1.29, 1.82) is 0 Å². The summed E-state index contributed by atoms with van der Waals surface area (Å²) >= 11 is 0. The monoisotopic (exact) mass is 241 g/mol. The van der Waals surface area contributed by atoms with Gasteiger partial charge in [-0.05, 0) is 24.3 Å². The van der Waals surface area contributed by atoms with Gasteiger partial charge >= 0.3 is 0 Å². The average molecular weight is 241 g/mol. The highest BCUT2D eigenvalue weighted by Crippen LogP contribution is 2.23. The lowest BCUT2D eigenvalue weighted by Crippen LogP contribution is -2.08. The molecular weight excluding hydrogens is 230 g/mol. The molecule has 0 atom stereocenters. The Labute approximate surface area is 103 Å². The summed E-state index contributed by atoms with van der Waals surface area (Å²) in [5.41, 5.74) is 0.692. The van der Waals surface area contributed by atoms with Gasteiger partial charge in [0.1, 0.15) is 5.75 Å². The number of aromatic nitrogens is 3. The van der Waals surface area contributed by atoms with E-state index in [1.165, 1.54) is 0 Å². The zero-order valence-electron chi connectivity index (χ0n) is 9.75. The van der Waals surface area contributed by atoms with Gasteiger partial charge in [-0.15, -0.1) is 0 Å². The molecule has 3 rings (SSSR count). The number of aromatic amines is 1. The summed E-state index contributed by atoms with van der Waals surface area (Å²) in [6.07, 6.45) is 5.17. The van der Waals surface area contributed by atoms with Crippen LogP contribution in [0.3, 0.4) is 0 Å². The minimum Gasteiger partial charge on any atom is -0.497 e. The fourth-order valence-electron chi connectivity index (χ4n) is 1.95. The Hall–Kier alpha value is -2.56. The van der Waals surface area contributed by atoms with E-state index in [9.17, 15) is 4.79 Å². The molecule has 0 fully saturated rings. The number of rotatable bonds is 2. The predicted molar refractivity (Wildman–Crippen MR) is 68.2 cm³/mol. The van der Waals surface area contributed by atoms with Crippen molar-refractivity contribution >= 4 is 10.8 Å². The maximum Gasteiger partial charge on any atom is 0.255 e. The second-order valence-corrected chi connectivity index (χ2v) is 3.87. The van der Waals surface area contributed by atoms with Gasteiger partial charge < -0.3 is 9.72 Å². The fourth-order valence-corrected chi connectivity index (χ4v) is 1.95. The summed E-state index contributed by atoms with van der Waals surface area (Å²) in [6, 6.07) is 7.18. The second kappa shape index (κ2) is 4.03. The highest BCUT2D eigenvalue weighted by atomic mass is 16.5. The lowest BCUT2D eigenvalue weighted by atomic mass is 10.1. The van der Waals surface area contributed by atoms with Crippen molar-refractivity contribution in [3.05, 3.63) is 53.2 Å². The third-order valence-electron chi connectivity index (χ3n) is 2.84. The van der Waals surface area contributed by atoms with Crippen molar-refractivity contribution in [2.45, 2.75) is 0 Å². The van der Waals surface area contributed by atoms with E-state index in [0.717, 1.165) is 11.1 Å². The zero-order chi connectivity index (χ0) is 12.5. The highest BCUT2D eigenvalue weighted by molar-refractivity contribution is 5.90. The van der Waals surface area contributed by atoms with Gasteiger partial charge in [0.2, 0.25) is 0 Å². The molecule has 0 aliphatic heterocycles. The number of ether oxygens (including phenoxy) is 1. The maximum atomic E-state index is 11.8. The lowest BCUT2D eigenvalue weighted by Gasteiger charge is -2.07. The van der Waals surface area contributed by atoms with Gasteiger partial charge in [0.05, 0.1) is 12.8 Å². The Kier molecular flexibility index (Phi) is 2.37. The normalized spacial score (nSPS) is 10.7. The Morgan fingerprint density at radius 1 is 1.33 bits per heavy atom. The van der Waals surface area contributed by atoms with Gasteiger partial charge in [-0.25, -0.2) is 4.68 Å². The van der Waals surface area contributed by atoms with Crippen molar-refractivity contribution < 1.29 is 4.74 Å². The highest BCUT2D eigenvalue weighted by Gasteiger charge is 2.07. The quantitative estimate of drug-likeness (QED) is 0.743. The molecule has 1 N–H and O–H groups in total. The molecule has 3 aromatic rings. The standard InChI is InChI=1S/C13H11N3O2/c1-18-9-3-4-10-11(7-9)12(8-14-13(10)17)16-6-2-5-15-16/h2-8H,1H3,(H,14,17). The van der Waals surface area contributed by atoms with Gasteiger partial charge in [0, 0.05) is 29.4 Å². The van der Waals surface area contributed by atoms with E-state index >= 15 is 0 Å². The van der Waals surface area contributed by atoms with Crippen LogP contribution in [0.2, 0.25) is 0 Å². The number of benzene rings is 1. The first-order chi connectivity index (χ1) is 8.79. The molecule has 90 valence electrons. The van der Waals surface area contributed by atoms with Gasteiger partial charge in [-0.2, -0.15) is 5.10 Å². The van der Waals surface area contributed by atoms with E-state index in [2.05, 4.69) is 10.1 Å². The molecule has 2 aromatic heterocycles. The fraction of sp³-hybridized carbons (Fsp3) is 0.0769. The minimum atomic E-state index is -0.122. The first-order valence-corrected chi connectivity index (χ1v) is 5.49. The smallest absolute Gasteiger partial charge is 0.255 e. The first-order valence-electron chi connectivity index (χ1n) is 5.49. The number of fused-ring (bicyclic) bond motifs is 1. The Morgan fingerprint density at radius 2 is 2.22 bits per heavy atom. The number of pyridine rings is 1. The Morgan fingerprint density at radius 3 is 2.94 bits per heavy atom. The molecule has 0 aliphatic rings. The molecule has 5 heteroatoms. The molecule has 0 aliphatic carbocycles. The van der Waals surface area contributed by atoms with Gasteiger partial charge in [0.15, 0.2) is 0 Å². The lowest BCUT2D eigenvalue weighted by molar-refractivity contribution is 0.415. The van der Waals surface area contributed by atoms with Crippen LogP contribution in [0.15, 0.2) is 47.7 Å². The maximum absolute atomic E-state index is 11.8. The summed E-state index contributed by atoms with van der Waals surface area (Å²) in [4.78, 5) is 14.5. The van der Waals surface area contributed by atoms with E-state index in [1.807, 2.05) is 18.3 Å². The van der Waals surface area contributed by atoms with Crippen LogP contribution in [0, 0.1) is 0 Å². The Balaban J connectivity index is 2.38. The summed E-state index contributed by atoms with van der Waals surface area (Å²) in [5.74, 6) is 0.710. The van der Waals surface area contributed by atoms with E-state index in [4.69, 9.17) is 4.74 Å². The molecule has 18 heavy (non-hydrogen) atoms. The largest absolute Gasteiger partial charge is 0.497 e. The topological polar surface area (TPSA) is 59.9 Å². The summed E-state index contributed by atoms with van der Waals surface area (Å²) in [7, 11) is 1.60. The van der Waals surface area contributed by atoms with Gasteiger partial charge in [-0.1, -0.05) is 0 Å². The van der Waals surface area contributed by atoms with E-state index in [-0.39, 0.29) is 5.56 Å². The predicted octanol–water partition coefficient (Wildman–Crippen LogP) is 1.72. The molecule has 0 spiro atoms. The SMILES string of the molecule is COc1ccc2c(=O)[nH]cc(-n3cccn3)c2c1. The number of nitrogens with one attached hydrogen (secondary N) is 1. The molecule has 1 aromatic carbocycles. The third kappa shape index (κ3) is 1.57. The molecule has 2 heterocycles. The van der Waals surface area contributed by atoms with Crippen LogP contribution in [0.1, 0.15) is 0 Å². The average Bonchev–Trinajstić information content (AvgIpc) is 2.92. The summed E-state index contributed by atoms with van der Waals surface area (Å²) in [5, 5.41) is 5.60. The third-order valence-corrected chi connectivity index (χ3v) is 2.84. The number of nitrogens with zero attached hydrogens (tertiary/aromatic N) is 2. The zero-order valence-corrected chi connectivity index (χ0v) is 9.75. The van der Waals surface area contributed by atoms with E-state index in [1.54, 1.807) is 36.3 Å². The number of H-pyrrole nitrogens is 1. The van der Waals surface area contributed by atoms with Crippen molar-refractivity contribution in [1.82, 2.24) is 14.8 Å². The number of hydrogen-bond donors (Lipinski definition) is 1. The van der Waals surface area contributed by atoms with Gasteiger partial charge in [-0.3, -0.25) is 4.79 Å². The van der Waals surface area contributed by atoms with Crippen LogP contribution in [-0.4, -0.2) is 21.9 Å². The molecular formula is C13H11N3O2. The minimum absolute atomic E-state index is 0.122. The molecule has 0 unspecified atom stereocenters. The Bertz CT molecular complexity index is 745. The van der Waals surface area contributed by atoms with Crippen molar-refractivity contribution in [2.75, 3.05) is 7.11 Å². The van der Waals surface area contributed by atoms with Crippen molar-refractivity contribution in [3.63, 3.8) is 0 Å². The van der Waals surface area contributed by atoms with Crippen LogP contribution in [0.4, 0.5) is 0 Å². The first kappa shape index (κ1) is 10.6.